The molecule has 1 aromatic carbocycles. The maximum Gasteiger partial charge on any atom is 0.126 e. The molecule has 0 amide bonds. The highest BCUT2D eigenvalue weighted by Crippen LogP contribution is 2.29. The van der Waals surface area contributed by atoms with Crippen LogP contribution in [0.25, 0.3) is 0 Å². The molecule has 2 aromatic rings. The molecule has 1 fully saturated rings. The highest BCUT2D eigenvalue weighted by molar-refractivity contribution is 5.25. The largest absolute Gasteiger partial charge is 0.298 e. The van der Waals surface area contributed by atoms with Gasteiger partial charge in [-0.1, -0.05) is 24.3 Å². The minimum atomic E-state index is -0.155. The molecule has 1 aromatic heterocycles. The summed E-state index contributed by atoms with van der Waals surface area (Å²) in [6.07, 6.45) is 2.93. The third kappa shape index (κ3) is 2.73. The van der Waals surface area contributed by atoms with Gasteiger partial charge in [-0.15, -0.1) is 0 Å². The van der Waals surface area contributed by atoms with Crippen LogP contribution in [0.3, 0.4) is 0 Å². The SMILES string of the molecule is CN1CCCC1c1cccc(Cc2ccccc2F)n1. The topological polar surface area (TPSA) is 16.1 Å². The standard InChI is InChI=1S/C17H19FN2/c1-20-11-5-10-17(20)16-9-4-7-14(19-16)12-13-6-2-3-8-15(13)18/h2-4,6-9,17H,5,10-12H2,1H3. The summed E-state index contributed by atoms with van der Waals surface area (Å²) in [7, 11) is 2.14. The van der Waals surface area contributed by atoms with Crippen molar-refractivity contribution >= 4 is 0 Å². The van der Waals surface area contributed by atoms with E-state index in [0.717, 1.165) is 24.4 Å². The summed E-state index contributed by atoms with van der Waals surface area (Å²) in [5, 5.41) is 0. The quantitative estimate of drug-likeness (QED) is 0.847. The van der Waals surface area contributed by atoms with E-state index in [4.69, 9.17) is 4.98 Å². The van der Waals surface area contributed by atoms with E-state index in [1.54, 1.807) is 6.07 Å². The summed E-state index contributed by atoms with van der Waals surface area (Å²) in [6.45, 7) is 1.13. The van der Waals surface area contributed by atoms with Crippen LogP contribution in [0.5, 0.6) is 0 Å². The van der Waals surface area contributed by atoms with E-state index in [2.05, 4.69) is 18.0 Å². The summed E-state index contributed by atoms with van der Waals surface area (Å²) in [6, 6.07) is 13.4. The lowest BCUT2D eigenvalue weighted by molar-refractivity contribution is 0.311. The summed E-state index contributed by atoms with van der Waals surface area (Å²) in [5.41, 5.74) is 2.75. The van der Waals surface area contributed by atoms with Gasteiger partial charge in [0.05, 0.1) is 11.7 Å². The Labute approximate surface area is 119 Å². The molecule has 1 atom stereocenters. The van der Waals surface area contributed by atoms with E-state index >= 15 is 0 Å². The maximum atomic E-state index is 13.7. The first-order chi connectivity index (χ1) is 9.74. The number of nitrogens with zero attached hydrogens (tertiary/aromatic N) is 2. The number of pyridine rings is 1. The second kappa shape index (κ2) is 5.71. The van der Waals surface area contributed by atoms with Crippen molar-refractivity contribution < 1.29 is 4.39 Å². The maximum absolute atomic E-state index is 13.7. The van der Waals surface area contributed by atoms with Gasteiger partial charge < -0.3 is 0 Å². The van der Waals surface area contributed by atoms with E-state index in [1.165, 1.54) is 12.5 Å². The van der Waals surface area contributed by atoms with Crippen molar-refractivity contribution in [2.75, 3.05) is 13.6 Å². The molecule has 3 rings (SSSR count). The number of likely N-dealkylation sites (tertiary alicyclic amines) is 1. The van der Waals surface area contributed by atoms with Gasteiger partial charge in [-0.2, -0.15) is 0 Å². The van der Waals surface area contributed by atoms with Crippen molar-refractivity contribution in [1.82, 2.24) is 9.88 Å². The predicted molar refractivity (Wildman–Crippen MR) is 78.0 cm³/mol. The third-order valence-corrected chi connectivity index (χ3v) is 4.02. The molecule has 0 saturated carbocycles. The van der Waals surface area contributed by atoms with Crippen molar-refractivity contribution in [1.29, 1.82) is 0 Å². The molecule has 104 valence electrons. The molecule has 20 heavy (non-hydrogen) atoms. The molecule has 0 aliphatic carbocycles. The van der Waals surface area contributed by atoms with Crippen LogP contribution < -0.4 is 0 Å². The molecule has 1 unspecified atom stereocenters. The van der Waals surface area contributed by atoms with Crippen molar-refractivity contribution in [3.05, 3.63) is 65.2 Å². The van der Waals surface area contributed by atoms with Crippen molar-refractivity contribution in [2.45, 2.75) is 25.3 Å². The first-order valence-corrected chi connectivity index (χ1v) is 7.13. The summed E-state index contributed by atoms with van der Waals surface area (Å²) >= 11 is 0. The molecule has 0 bridgehead atoms. The molecular formula is C17H19FN2. The lowest BCUT2D eigenvalue weighted by Gasteiger charge is -2.19. The zero-order valence-electron chi connectivity index (χ0n) is 11.7. The van der Waals surface area contributed by atoms with Gasteiger partial charge in [-0.3, -0.25) is 9.88 Å². The Hall–Kier alpha value is -1.74. The number of rotatable bonds is 3. The van der Waals surface area contributed by atoms with Crippen LogP contribution in [-0.4, -0.2) is 23.5 Å². The number of halogens is 1. The normalized spacial score (nSPS) is 19.4. The molecule has 0 radical (unpaired) electrons. The Balaban J connectivity index is 1.83. The average molecular weight is 270 g/mol. The van der Waals surface area contributed by atoms with Crippen LogP contribution in [0.4, 0.5) is 4.39 Å². The Kier molecular flexibility index (Phi) is 3.79. The number of hydrogen-bond acceptors (Lipinski definition) is 2. The molecular weight excluding hydrogens is 251 g/mol. The molecule has 1 aliphatic heterocycles. The minimum absolute atomic E-state index is 0.155. The summed E-state index contributed by atoms with van der Waals surface area (Å²) in [5.74, 6) is -0.155. The second-order valence-electron chi connectivity index (χ2n) is 5.46. The predicted octanol–water partition coefficient (Wildman–Crippen LogP) is 3.58. The van der Waals surface area contributed by atoms with Gasteiger partial charge in [0.25, 0.3) is 0 Å². The van der Waals surface area contributed by atoms with Gasteiger partial charge in [-0.05, 0) is 50.2 Å². The van der Waals surface area contributed by atoms with Gasteiger partial charge in [0, 0.05) is 12.1 Å². The molecule has 3 heteroatoms. The Morgan fingerprint density at radius 3 is 2.80 bits per heavy atom. The van der Waals surface area contributed by atoms with E-state index in [9.17, 15) is 4.39 Å². The van der Waals surface area contributed by atoms with Gasteiger partial charge in [-0.25, -0.2) is 4.39 Å². The highest BCUT2D eigenvalue weighted by atomic mass is 19.1. The summed E-state index contributed by atoms with van der Waals surface area (Å²) < 4.78 is 13.7. The molecule has 1 aliphatic rings. The van der Waals surface area contributed by atoms with Crippen LogP contribution in [-0.2, 0) is 6.42 Å². The van der Waals surface area contributed by atoms with E-state index in [-0.39, 0.29) is 5.82 Å². The van der Waals surface area contributed by atoms with Crippen LogP contribution in [0.2, 0.25) is 0 Å². The monoisotopic (exact) mass is 270 g/mol. The van der Waals surface area contributed by atoms with Crippen molar-refractivity contribution in [3.8, 4) is 0 Å². The molecule has 0 spiro atoms. The number of benzene rings is 1. The molecule has 0 N–H and O–H groups in total. The van der Waals surface area contributed by atoms with E-state index < -0.39 is 0 Å². The van der Waals surface area contributed by atoms with Crippen LogP contribution in [0.1, 0.15) is 35.8 Å². The fourth-order valence-electron chi connectivity index (χ4n) is 2.90. The zero-order chi connectivity index (χ0) is 13.9. The van der Waals surface area contributed by atoms with Gasteiger partial charge in [0.1, 0.15) is 5.82 Å². The zero-order valence-corrected chi connectivity index (χ0v) is 11.7. The van der Waals surface area contributed by atoms with Gasteiger partial charge >= 0.3 is 0 Å². The molecule has 1 saturated heterocycles. The molecule has 2 nitrogen and oxygen atoms in total. The second-order valence-corrected chi connectivity index (χ2v) is 5.46. The van der Waals surface area contributed by atoms with Crippen LogP contribution >= 0.6 is 0 Å². The Morgan fingerprint density at radius 1 is 1.20 bits per heavy atom. The van der Waals surface area contributed by atoms with Crippen molar-refractivity contribution in [2.24, 2.45) is 0 Å². The van der Waals surface area contributed by atoms with E-state index in [1.807, 2.05) is 24.3 Å². The molecule has 2 heterocycles. The minimum Gasteiger partial charge on any atom is -0.298 e. The van der Waals surface area contributed by atoms with Gasteiger partial charge in [0.15, 0.2) is 0 Å². The Morgan fingerprint density at radius 2 is 2.05 bits per heavy atom. The highest BCUT2D eigenvalue weighted by Gasteiger charge is 2.23. The van der Waals surface area contributed by atoms with Crippen LogP contribution in [0, 0.1) is 5.82 Å². The lowest BCUT2D eigenvalue weighted by Crippen LogP contribution is -2.18. The summed E-state index contributed by atoms with van der Waals surface area (Å²) in [4.78, 5) is 7.08. The number of hydrogen-bond donors (Lipinski definition) is 0. The van der Waals surface area contributed by atoms with E-state index in [0.29, 0.717) is 18.0 Å². The smallest absolute Gasteiger partial charge is 0.126 e. The number of aromatic nitrogens is 1. The lowest BCUT2D eigenvalue weighted by atomic mass is 10.1. The third-order valence-electron chi connectivity index (χ3n) is 4.02. The Bertz CT molecular complexity index is 597. The first kappa shape index (κ1) is 13.3. The van der Waals surface area contributed by atoms with Crippen LogP contribution in [0.15, 0.2) is 42.5 Å². The first-order valence-electron chi connectivity index (χ1n) is 7.13. The van der Waals surface area contributed by atoms with Crippen molar-refractivity contribution in [3.63, 3.8) is 0 Å². The fourth-order valence-corrected chi connectivity index (χ4v) is 2.90. The van der Waals surface area contributed by atoms with Gasteiger partial charge in [0.2, 0.25) is 0 Å². The average Bonchev–Trinajstić information content (AvgIpc) is 2.88. The fraction of sp³-hybridized carbons (Fsp3) is 0.353.